The lowest BCUT2D eigenvalue weighted by Crippen LogP contribution is -2.11. The maximum Gasteiger partial charge on any atom is 0.416 e. The molecular weight excluding hydrogens is 300 g/mol. The van der Waals surface area contributed by atoms with Crippen molar-refractivity contribution in [2.24, 2.45) is 0 Å². The van der Waals surface area contributed by atoms with Gasteiger partial charge >= 0.3 is 12.4 Å². The largest absolute Gasteiger partial charge is 0.416 e. The first kappa shape index (κ1) is 16.7. The number of nitrogens with one attached hydrogen (secondary N) is 1. The van der Waals surface area contributed by atoms with Crippen LogP contribution in [-0.2, 0) is 12.4 Å². The third-order valence-corrected chi connectivity index (χ3v) is 2.28. The van der Waals surface area contributed by atoms with Crippen molar-refractivity contribution in [2.45, 2.75) is 12.4 Å². The Morgan fingerprint density at radius 3 is 1.67 bits per heavy atom. The van der Waals surface area contributed by atoms with E-state index in [-0.39, 0.29) is 17.5 Å². The van der Waals surface area contributed by atoms with E-state index < -0.39 is 23.5 Å². The highest BCUT2D eigenvalue weighted by Gasteiger charge is 2.37. The molecule has 1 aromatic carbocycles. The third-order valence-electron chi connectivity index (χ3n) is 2.28. The highest BCUT2D eigenvalue weighted by Crippen LogP contribution is 2.37. The summed E-state index contributed by atoms with van der Waals surface area (Å²) in [5.41, 5.74) is -3.12. The van der Waals surface area contributed by atoms with E-state index in [0.29, 0.717) is 12.1 Å². The van der Waals surface area contributed by atoms with Crippen LogP contribution in [0.4, 0.5) is 26.3 Å². The molecule has 0 atom stereocenters. The van der Waals surface area contributed by atoms with E-state index in [4.69, 9.17) is 0 Å². The topological polar surface area (TPSA) is 41.6 Å². The second kappa shape index (κ2) is 5.98. The summed E-state index contributed by atoms with van der Waals surface area (Å²) < 4.78 is 75.4. The predicted molar refractivity (Wildman–Crippen MR) is 63.1 cm³/mol. The molecule has 0 bridgehead atoms. The number of halogens is 6. The van der Waals surface area contributed by atoms with Gasteiger partial charge in [-0.15, -0.1) is 13.2 Å². The molecule has 0 unspecified atom stereocenters. The van der Waals surface area contributed by atoms with Crippen molar-refractivity contribution in [1.29, 1.82) is 0 Å². The van der Waals surface area contributed by atoms with Crippen molar-refractivity contribution >= 4 is 0 Å². The summed E-state index contributed by atoms with van der Waals surface area (Å²) in [6.45, 7) is 6.00. The molecule has 0 spiro atoms. The summed E-state index contributed by atoms with van der Waals surface area (Å²) in [6.07, 6.45) is -8.77. The van der Waals surface area contributed by atoms with E-state index >= 15 is 0 Å². The van der Waals surface area contributed by atoms with Crippen molar-refractivity contribution in [3.8, 4) is 11.4 Å². The van der Waals surface area contributed by atoms with E-state index in [0.717, 1.165) is 6.33 Å². The van der Waals surface area contributed by atoms with Gasteiger partial charge in [-0.05, 0) is 18.2 Å². The fraction of sp³-hybridized carbons (Fsp3) is 0.167. The molecule has 0 amide bonds. The third kappa shape index (κ3) is 4.07. The number of hydrogen-bond acceptors (Lipinski definition) is 2. The van der Waals surface area contributed by atoms with Crippen LogP contribution in [0.3, 0.4) is 0 Å². The minimum absolute atomic E-state index is 0.0554. The van der Waals surface area contributed by atoms with Crippen molar-refractivity contribution in [3.63, 3.8) is 0 Å². The molecule has 0 saturated heterocycles. The van der Waals surface area contributed by atoms with E-state index in [2.05, 4.69) is 28.3 Å². The first-order valence-corrected chi connectivity index (χ1v) is 5.33. The van der Waals surface area contributed by atoms with Crippen LogP contribution in [0.2, 0.25) is 0 Å². The Labute approximate surface area is 115 Å². The maximum absolute atomic E-state index is 12.6. The fourth-order valence-corrected chi connectivity index (χ4v) is 1.44. The lowest BCUT2D eigenvalue weighted by atomic mass is 10.0. The highest BCUT2D eigenvalue weighted by molar-refractivity contribution is 5.58. The number of nitrogens with zero attached hydrogens (tertiary/aromatic N) is 2. The summed E-state index contributed by atoms with van der Waals surface area (Å²) in [5.74, 6) is -0.170. The number of alkyl halides is 6. The van der Waals surface area contributed by atoms with Crippen LogP contribution in [-0.4, -0.2) is 15.2 Å². The quantitative estimate of drug-likeness (QED) is 0.630. The molecular formula is C12H9F6N3. The highest BCUT2D eigenvalue weighted by atomic mass is 19.4. The van der Waals surface area contributed by atoms with Gasteiger partial charge in [0.25, 0.3) is 0 Å². The van der Waals surface area contributed by atoms with Crippen LogP contribution in [0.5, 0.6) is 0 Å². The Morgan fingerprint density at radius 2 is 1.33 bits per heavy atom. The SMILES string of the molecule is C=C.FC(F)(F)c1cc(-c2ncn[nH]2)cc(C(F)(F)F)c1. The van der Waals surface area contributed by atoms with Gasteiger partial charge < -0.3 is 0 Å². The van der Waals surface area contributed by atoms with Crippen molar-refractivity contribution in [3.05, 3.63) is 48.8 Å². The normalized spacial score (nSPS) is 11.7. The average Bonchev–Trinajstić information content (AvgIpc) is 2.92. The molecule has 0 fully saturated rings. The Balaban J connectivity index is 0.00000106. The first-order chi connectivity index (χ1) is 9.68. The van der Waals surface area contributed by atoms with Crippen LogP contribution in [0.15, 0.2) is 37.7 Å². The number of aromatic nitrogens is 3. The maximum atomic E-state index is 12.6. The lowest BCUT2D eigenvalue weighted by Gasteiger charge is -2.13. The van der Waals surface area contributed by atoms with Gasteiger partial charge in [-0.25, -0.2) is 4.98 Å². The summed E-state index contributed by atoms with van der Waals surface area (Å²) in [4.78, 5) is 3.53. The summed E-state index contributed by atoms with van der Waals surface area (Å²) in [5, 5.41) is 5.60. The van der Waals surface area contributed by atoms with Crippen LogP contribution in [0.25, 0.3) is 11.4 Å². The summed E-state index contributed by atoms with van der Waals surface area (Å²) in [7, 11) is 0. The molecule has 2 rings (SSSR count). The predicted octanol–water partition coefficient (Wildman–Crippen LogP) is 4.31. The minimum atomic E-state index is -4.88. The van der Waals surface area contributed by atoms with Crippen molar-refractivity contribution in [1.82, 2.24) is 15.2 Å². The Bertz CT molecular complexity index is 554. The van der Waals surface area contributed by atoms with Crippen molar-refractivity contribution < 1.29 is 26.3 Å². The smallest absolute Gasteiger partial charge is 0.259 e. The standard InChI is InChI=1S/C10H5F6N3.C2H4/c11-9(12,13)6-1-5(8-17-4-18-19-8)2-7(3-6)10(14,15)16;1-2/h1-4H,(H,17,18,19);1-2H2. The van der Waals surface area contributed by atoms with Gasteiger partial charge in [-0.1, -0.05) is 0 Å². The molecule has 0 radical (unpaired) electrons. The van der Waals surface area contributed by atoms with Crippen molar-refractivity contribution in [2.75, 3.05) is 0 Å². The number of hydrogen-bond donors (Lipinski definition) is 1. The van der Waals surface area contributed by atoms with Gasteiger partial charge in [0.1, 0.15) is 6.33 Å². The molecule has 114 valence electrons. The average molecular weight is 309 g/mol. The molecule has 0 aliphatic carbocycles. The molecule has 2 aromatic rings. The molecule has 1 aromatic heterocycles. The number of benzene rings is 1. The van der Waals surface area contributed by atoms with E-state index in [1.807, 2.05) is 0 Å². The van der Waals surface area contributed by atoms with Gasteiger partial charge in [0.15, 0.2) is 5.82 Å². The van der Waals surface area contributed by atoms with Crippen LogP contribution >= 0.6 is 0 Å². The molecule has 21 heavy (non-hydrogen) atoms. The molecule has 3 nitrogen and oxygen atoms in total. The zero-order valence-corrected chi connectivity index (χ0v) is 10.4. The van der Waals surface area contributed by atoms with Crippen LogP contribution in [0.1, 0.15) is 11.1 Å². The van der Waals surface area contributed by atoms with Gasteiger partial charge in [-0.3, -0.25) is 5.10 Å². The number of H-pyrrole nitrogens is 1. The zero-order valence-electron chi connectivity index (χ0n) is 10.4. The zero-order chi connectivity index (χ0) is 16.3. The Morgan fingerprint density at radius 1 is 0.857 bits per heavy atom. The summed E-state index contributed by atoms with van der Waals surface area (Å²) in [6, 6.07) is 1.21. The minimum Gasteiger partial charge on any atom is -0.259 e. The lowest BCUT2D eigenvalue weighted by molar-refractivity contribution is -0.143. The molecule has 9 heteroatoms. The van der Waals surface area contributed by atoms with Crippen LogP contribution < -0.4 is 0 Å². The number of rotatable bonds is 1. The molecule has 1 heterocycles. The number of aromatic amines is 1. The second-order valence-corrected chi connectivity index (χ2v) is 3.63. The van der Waals surface area contributed by atoms with E-state index in [1.54, 1.807) is 0 Å². The van der Waals surface area contributed by atoms with Gasteiger partial charge in [0.2, 0.25) is 0 Å². The monoisotopic (exact) mass is 309 g/mol. The molecule has 0 aliphatic rings. The first-order valence-electron chi connectivity index (χ1n) is 5.33. The van der Waals surface area contributed by atoms with Gasteiger partial charge in [0.05, 0.1) is 11.1 Å². The van der Waals surface area contributed by atoms with E-state index in [1.165, 1.54) is 0 Å². The molecule has 0 saturated carbocycles. The fourth-order valence-electron chi connectivity index (χ4n) is 1.44. The van der Waals surface area contributed by atoms with Gasteiger partial charge in [0, 0.05) is 5.56 Å². The second-order valence-electron chi connectivity index (χ2n) is 3.63. The molecule has 1 N–H and O–H groups in total. The van der Waals surface area contributed by atoms with E-state index in [9.17, 15) is 26.3 Å². The molecule has 0 aliphatic heterocycles. The Hall–Kier alpha value is -2.32. The van der Waals surface area contributed by atoms with Gasteiger partial charge in [-0.2, -0.15) is 31.4 Å². The van der Waals surface area contributed by atoms with Crippen LogP contribution in [0, 0.1) is 0 Å². The summed E-state index contributed by atoms with van der Waals surface area (Å²) >= 11 is 0. The Kier molecular flexibility index (Phi) is 4.77.